The monoisotopic (exact) mass is 242 g/mol. The molecule has 0 aromatic heterocycles. The summed E-state index contributed by atoms with van der Waals surface area (Å²) in [6.45, 7) is 2.24. The predicted octanol–water partition coefficient (Wildman–Crippen LogP) is 2.37. The van der Waals surface area contributed by atoms with Crippen LogP contribution in [0.4, 0.5) is 0 Å². The Morgan fingerprint density at radius 1 is 1.22 bits per heavy atom. The van der Waals surface area contributed by atoms with Crippen LogP contribution in [0.3, 0.4) is 0 Å². The number of benzene rings is 2. The van der Waals surface area contributed by atoms with E-state index in [1.807, 2.05) is 25.1 Å². The molecule has 0 heterocycles. The summed E-state index contributed by atoms with van der Waals surface area (Å²) in [5.41, 5.74) is 6.79. The van der Waals surface area contributed by atoms with E-state index in [2.05, 4.69) is 29.6 Å². The summed E-state index contributed by atoms with van der Waals surface area (Å²) in [7, 11) is 0. The van der Waals surface area contributed by atoms with Crippen LogP contribution in [0.1, 0.15) is 24.9 Å². The number of carbonyl (C=O) groups is 1. The van der Waals surface area contributed by atoms with E-state index < -0.39 is 0 Å². The van der Waals surface area contributed by atoms with Gasteiger partial charge >= 0.3 is 0 Å². The fraction of sp³-hybridized carbons (Fsp3) is 0.267. The van der Waals surface area contributed by atoms with Crippen molar-refractivity contribution in [2.75, 3.05) is 6.54 Å². The Morgan fingerprint density at radius 3 is 2.61 bits per heavy atom. The van der Waals surface area contributed by atoms with Crippen molar-refractivity contribution in [2.24, 2.45) is 5.73 Å². The summed E-state index contributed by atoms with van der Waals surface area (Å²) in [5, 5.41) is 5.29. The van der Waals surface area contributed by atoms with Crippen LogP contribution in [0, 0.1) is 0 Å². The number of nitrogens with one attached hydrogen (secondary N) is 1. The second-order valence-corrected chi connectivity index (χ2v) is 4.32. The molecule has 0 bridgehead atoms. The first-order valence-electron chi connectivity index (χ1n) is 6.22. The van der Waals surface area contributed by atoms with Gasteiger partial charge in [-0.25, -0.2) is 0 Å². The van der Waals surface area contributed by atoms with E-state index in [1.54, 1.807) is 0 Å². The van der Waals surface area contributed by atoms with Crippen LogP contribution in [-0.2, 0) is 4.79 Å². The van der Waals surface area contributed by atoms with Crippen molar-refractivity contribution in [3.8, 4) is 0 Å². The lowest BCUT2D eigenvalue weighted by Gasteiger charge is -2.17. The molecule has 0 spiro atoms. The van der Waals surface area contributed by atoms with Gasteiger partial charge in [-0.05, 0) is 22.4 Å². The zero-order valence-corrected chi connectivity index (χ0v) is 10.5. The van der Waals surface area contributed by atoms with Crippen molar-refractivity contribution < 1.29 is 4.79 Å². The first-order chi connectivity index (χ1) is 8.74. The maximum atomic E-state index is 11.5. The molecule has 1 amide bonds. The highest BCUT2D eigenvalue weighted by Gasteiger charge is 2.11. The molecule has 0 fully saturated rings. The highest BCUT2D eigenvalue weighted by Crippen LogP contribution is 2.20. The molecule has 1 atom stereocenters. The summed E-state index contributed by atoms with van der Waals surface area (Å²) < 4.78 is 0. The van der Waals surface area contributed by atoms with Gasteiger partial charge in [0.1, 0.15) is 0 Å². The molecule has 0 aliphatic heterocycles. The van der Waals surface area contributed by atoms with E-state index in [-0.39, 0.29) is 11.9 Å². The van der Waals surface area contributed by atoms with E-state index in [1.165, 1.54) is 10.8 Å². The average molecular weight is 242 g/mol. The first kappa shape index (κ1) is 12.6. The van der Waals surface area contributed by atoms with Crippen LogP contribution >= 0.6 is 0 Å². The minimum atomic E-state index is -0.109. The number of rotatable bonds is 4. The fourth-order valence-electron chi connectivity index (χ4n) is 2.00. The summed E-state index contributed by atoms with van der Waals surface area (Å²) in [5.74, 6) is 0.0265. The van der Waals surface area contributed by atoms with Gasteiger partial charge in [-0.2, -0.15) is 0 Å². The minimum absolute atomic E-state index is 0.0265. The molecule has 18 heavy (non-hydrogen) atoms. The van der Waals surface area contributed by atoms with Gasteiger partial charge in [0.15, 0.2) is 0 Å². The smallest absolute Gasteiger partial charge is 0.220 e. The molecule has 0 saturated carbocycles. The van der Waals surface area contributed by atoms with Crippen LogP contribution in [0.25, 0.3) is 10.8 Å². The van der Waals surface area contributed by atoms with Crippen LogP contribution in [0.15, 0.2) is 42.5 Å². The van der Waals surface area contributed by atoms with Crippen molar-refractivity contribution in [3.05, 3.63) is 48.0 Å². The Hall–Kier alpha value is -1.87. The average Bonchev–Trinajstić information content (AvgIpc) is 2.44. The Labute approximate surface area is 107 Å². The van der Waals surface area contributed by atoms with Crippen LogP contribution < -0.4 is 11.1 Å². The van der Waals surface area contributed by atoms with E-state index in [9.17, 15) is 4.79 Å². The quantitative estimate of drug-likeness (QED) is 0.864. The van der Waals surface area contributed by atoms with Crippen molar-refractivity contribution >= 4 is 16.7 Å². The summed E-state index contributed by atoms with van der Waals surface area (Å²) in [4.78, 5) is 11.5. The zero-order chi connectivity index (χ0) is 13.0. The molecule has 1 unspecified atom stereocenters. The van der Waals surface area contributed by atoms with Gasteiger partial charge in [-0.3, -0.25) is 4.79 Å². The highest BCUT2D eigenvalue weighted by molar-refractivity contribution is 5.83. The second kappa shape index (κ2) is 5.65. The zero-order valence-electron chi connectivity index (χ0n) is 10.5. The number of fused-ring (bicyclic) bond motifs is 1. The molecule has 2 aromatic carbocycles. The van der Waals surface area contributed by atoms with Gasteiger partial charge in [-0.1, -0.05) is 43.3 Å². The maximum Gasteiger partial charge on any atom is 0.220 e. The Kier molecular flexibility index (Phi) is 3.95. The molecule has 3 heteroatoms. The fourth-order valence-corrected chi connectivity index (χ4v) is 2.00. The minimum Gasteiger partial charge on any atom is -0.348 e. The van der Waals surface area contributed by atoms with Crippen LogP contribution in [0.2, 0.25) is 0 Å². The standard InChI is InChI=1S/C15H18N2O/c1-2-15(18)17-14(10-16)13-8-7-11-5-3-4-6-12(11)9-13/h3-9,14H,2,10,16H2,1H3,(H,17,18). The summed E-state index contributed by atoms with van der Waals surface area (Å²) in [6.07, 6.45) is 0.476. The van der Waals surface area contributed by atoms with Gasteiger partial charge in [0.2, 0.25) is 5.91 Å². The SMILES string of the molecule is CCC(=O)NC(CN)c1ccc2ccccc2c1. The predicted molar refractivity (Wildman–Crippen MR) is 74.2 cm³/mol. The molecular formula is C15H18N2O. The molecule has 3 nitrogen and oxygen atoms in total. The highest BCUT2D eigenvalue weighted by atomic mass is 16.1. The summed E-state index contributed by atoms with van der Waals surface area (Å²) >= 11 is 0. The first-order valence-corrected chi connectivity index (χ1v) is 6.22. The Balaban J connectivity index is 2.30. The van der Waals surface area contributed by atoms with E-state index >= 15 is 0 Å². The maximum absolute atomic E-state index is 11.5. The van der Waals surface area contributed by atoms with Gasteiger partial charge < -0.3 is 11.1 Å². The number of hydrogen-bond acceptors (Lipinski definition) is 2. The van der Waals surface area contributed by atoms with Gasteiger partial charge in [0.05, 0.1) is 6.04 Å². The molecule has 0 aliphatic carbocycles. The number of hydrogen-bond donors (Lipinski definition) is 2. The lowest BCUT2D eigenvalue weighted by molar-refractivity contribution is -0.121. The molecule has 94 valence electrons. The normalized spacial score (nSPS) is 12.3. The van der Waals surface area contributed by atoms with Crippen molar-refractivity contribution in [1.29, 1.82) is 0 Å². The van der Waals surface area contributed by atoms with E-state index in [0.29, 0.717) is 13.0 Å². The topological polar surface area (TPSA) is 55.1 Å². The third-order valence-electron chi connectivity index (χ3n) is 3.07. The third-order valence-corrected chi connectivity index (χ3v) is 3.07. The molecule has 3 N–H and O–H groups in total. The van der Waals surface area contributed by atoms with Crippen molar-refractivity contribution in [3.63, 3.8) is 0 Å². The third kappa shape index (κ3) is 2.68. The van der Waals surface area contributed by atoms with Gasteiger partial charge in [0.25, 0.3) is 0 Å². The number of nitrogens with two attached hydrogens (primary N) is 1. The summed E-state index contributed by atoms with van der Waals surface area (Å²) in [6, 6.07) is 14.2. The van der Waals surface area contributed by atoms with Crippen molar-refractivity contribution in [2.45, 2.75) is 19.4 Å². The molecular weight excluding hydrogens is 224 g/mol. The van der Waals surface area contributed by atoms with Crippen LogP contribution in [0.5, 0.6) is 0 Å². The lowest BCUT2D eigenvalue weighted by atomic mass is 10.0. The molecule has 2 aromatic rings. The largest absolute Gasteiger partial charge is 0.348 e. The van der Waals surface area contributed by atoms with E-state index in [0.717, 1.165) is 5.56 Å². The Morgan fingerprint density at radius 2 is 1.94 bits per heavy atom. The second-order valence-electron chi connectivity index (χ2n) is 4.32. The van der Waals surface area contributed by atoms with Crippen LogP contribution in [-0.4, -0.2) is 12.5 Å². The number of carbonyl (C=O) groups excluding carboxylic acids is 1. The number of amides is 1. The lowest BCUT2D eigenvalue weighted by Crippen LogP contribution is -2.32. The van der Waals surface area contributed by atoms with Gasteiger partial charge in [0, 0.05) is 13.0 Å². The van der Waals surface area contributed by atoms with E-state index in [4.69, 9.17) is 5.73 Å². The molecule has 0 aliphatic rings. The molecule has 0 saturated heterocycles. The van der Waals surface area contributed by atoms with Gasteiger partial charge in [-0.15, -0.1) is 0 Å². The van der Waals surface area contributed by atoms with Crippen molar-refractivity contribution in [1.82, 2.24) is 5.32 Å². The Bertz CT molecular complexity index is 551. The molecule has 2 rings (SSSR count). The molecule has 0 radical (unpaired) electrons.